The van der Waals surface area contributed by atoms with Crippen LogP contribution >= 0.6 is 0 Å². The van der Waals surface area contributed by atoms with Crippen LogP contribution in [0.2, 0.25) is 0 Å². The van der Waals surface area contributed by atoms with E-state index in [1.165, 1.54) is 27.8 Å². The minimum absolute atomic E-state index is 0.563. The maximum atomic E-state index is 2.49. The Hall–Kier alpha value is -2.06. The summed E-state index contributed by atoms with van der Waals surface area (Å²) >= 11 is 0. The van der Waals surface area contributed by atoms with Crippen molar-refractivity contribution in [1.82, 2.24) is 9.47 Å². The molecule has 23 heavy (non-hydrogen) atoms. The number of likely N-dealkylation sites (N-methyl/N-ethyl adjacent to an activating group) is 1. The van der Waals surface area contributed by atoms with Crippen LogP contribution in [0.1, 0.15) is 29.7 Å². The minimum atomic E-state index is 0.563. The van der Waals surface area contributed by atoms with Gasteiger partial charge in [0.25, 0.3) is 0 Å². The highest BCUT2D eigenvalue weighted by molar-refractivity contribution is 5.88. The van der Waals surface area contributed by atoms with E-state index in [1.54, 1.807) is 5.56 Å². The van der Waals surface area contributed by atoms with Crippen LogP contribution in [0.3, 0.4) is 0 Å². The van der Waals surface area contributed by atoms with Gasteiger partial charge in [0.15, 0.2) is 0 Å². The van der Waals surface area contributed by atoms with Crippen molar-refractivity contribution in [2.24, 2.45) is 0 Å². The summed E-state index contributed by atoms with van der Waals surface area (Å²) in [5, 5.41) is 1.43. The Labute approximate surface area is 138 Å². The van der Waals surface area contributed by atoms with Crippen LogP contribution in [-0.2, 0) is 6.42 Å². The molecule has 118 valence electrons. The van der Waals surface area contributed by atoms with Gasteiger partial charge >= 0.3 is 0 Å². The van der Waals surface area contributed by atoms with E-state index in [9.17, 15) is 0 Å². The van der Waals surface area contributed by atoms with Gasteiger partial charge in [0.1, 0.15) is 0 Å². The lowest BCUT2D eigenvalue weighted by molar-refractivity contribution is 0.331. The molecule has 2 heterocycles. The van der Waals surface area contributed by atoms with Gasteiger partial charge in [0, 0.05) is 36.3 Å². The van der Waals surface area contributed by atoms with Crippen LogP contribution in [0.25, 0.3) is 16.6 Å². The summed E-state index contributed by atoms with van der Waals surface area (Å²) in [6, 6.07) is 17.7. The molecule has 0 amide bonds. The summed E-state index contributed by atoms with van der Waals surface area (Å²) in [5.74, 6) is 0.563. The molecule has 0 N–H and O–H groups in total. The van der Waals surface area contributed by atoms with Crippen molar-refractivity contribution < 1.29 is 0 Å². The molecule has 2 heteroatoms. The first-order valence-corrected chi connectivity index (χ1v) is 8.53. The Morgan fingerprint density at radius 3 is 2.61 bits per heavy atom. The lowest BCUT2D eigenvalue weighted by atomic mass is 9.97. The first-order chi connectivity index (χ1) is 11.1. The highest BCUT2D eigenvalue weighted by Crippen LogP contribution is 2.37. The van der Waals surface area contributed by atoms with Gasteiger partial charge in [-0.2, -0.15) is 0 Å². The first-order valence-electron chi connectivity index (χ1n) is 8.53. The predicted molar refractivity (Wildman–Crippen MR) is 97.6 cm³/mol. The number of para-hydroxylation sites is 1. The third-order valence-electron chi connectivity index (χ3n) is 5.09. The topological polar surface area (TPSA) is 8.17 Å². The zero-order valence-corrected chi connectivity index (χ0v) is 14.2. The fraction of sp³-hybridized carbons (Fsp3) is 0.333. The van der Waals surface area contributed by atoms with Crippen molar-refractivity contribution in [3.8, 4) is 5.69 Å². The second-order valence-corrected chi connectivity index (χ2v) is 6.97. The Balaban J connectivity index is 2.07. The van der Waals surface area contributed by atoms with Crippen LogP contribution in [0.5, 0.6) is 0 Å². The van der Waals surface area contributed by atoms with Crippen LogP contribution in [-0.4, -0.2) is 29.6 Å². The number of rotatable bonds is 1. The van der Waals surface area contributed by atoms with Crippen molar-refractivity contribution >= 4 is 10.9 Å². The maximum absolute atomic E-state index is 2.49. The molecular weight excluding hydrogens is 280 g/mol. The Morgan fingerprint density at radius 1 is 1.04 bits per heavy atom. The van der Waals surface area contributed by atoms with E-state index in [-0.39, 0.29) is 0 Å². The normalized spacial score (nSPS) is 18.8. The number of hydrogen-bond donors (Lipinski definition) is 0. The molecule has 1 atom stereocenters. The summed E-state index contributed by atoms with van der Waals surface area (Å²) in [4.78, 5) is 2.46. The number of fused-ring (bicyclic) bond motifs is 3. The van der Waals surface area contributed by atoms with E-state index < -0.39 is 0 Å². The summed E-state index contributed by atoms with van der Waals surface area (Å²) in [5.41, 5.74) is 7.01. The van der Waals surface area contributed by atoms with E-state index in [2.05, 4.69) is 78.9 Å². The fourth-order valence-electron chi connectivity index (χ4n) is 4.09. The van der Waals surface area contributed by atoms with Gasteiger partial charge < -0.3 is 9.47 Å². The van der Waals surface area contributed by atoms with Crippen molar-refractivity contribution in [1.29, 1.82) is 0 Å². The monoisotopic (exact) mass is 304 g/mol. The molecule has 1 unspecified atom stereocenters. The Kier molecular flexibility index (Phi) is 3.50. The van der Waals surface area contributed by atoms with E-state index >= 15 is 0 Å². The third kappa shape index (κ3) is 2.38. The average molecular weight is 304 g/mol. The van der Waals surface area contributed by atoms with E-state index in [0.29, 0.717) is 5.92 Å². The van der Waals surface area contributed by atoms with Gasteiger partial charge in [-0.05, 0) is 49.2 Å². The molecule has 1 aliphatic heterocycles. The van der Waals surface area contributed by atoms with E-state index in [4.69, 9.17) is 0 Å². The third-order valence-corrected chi connectivity index (χ3v) is 5.09. The summed E-state index contributed by atoms with van der Waals surface area (Å²) in [6.45, 7) is 6.81. The average Bonchev–Trinajstić information content (AvgIpc) is 2.78. The fourth-order valence-corrected chi connectivity index (χ4v) is 4.09. The Morgan fingerprint density at radius 2 is 1.83 bits per heavy atom. The molecule has 2 nitrogen and oxygen atoms in total. The first kappa shape index (κ1) is 14.5. The zero-order chi connectivity index (χ0) is 16.0. The molecule has 1 aliphatic rings. The van der Waals surface area contributed by atoms with Crippen molar-refractivity contribution in [3.63, 3.8) is 0 Å². The predicted octanol–water partition coefficient (Wildman–Crippen LogP) is 4.53. The SMILES string of the molecule is Cc1ccc2c3c(n(-c4ccccc4)c2c1)CCN(C)CC3C. The lowest BCUT2D eigenvalue weighted by Crippen LogP contribution is -2.23. The quantitative estimate of drug-likeness (QED) is 0.641. The van der Waals surface area contributed by atoms with E-state index in [1.807, 2.05) is 0 Å². The summed E-state index contributed by atoms with van der Waals surface area (Å²) in [7, 11) is 2.24. The number of aryl methyl sites for hydroxylation is 1. The Bertz CT molecular complexity index is 845. The minimum Gasteiger partial charge on any atom is -0.313 e. The van der Waals surface area contributed by atoms with Crippen LogP contribution in [0.4, 0.5) is 0 Å². The molecule has 0 fully saturated rings. The van der Waals surface area contributed by atoms with Crippen LogP contribution < -0.4 is 0 Å². The molecule has 0 aliphatic carbocycles. The highest BCUT2D eigenvalue weighted by Gasteiger charge is 2.25. The molecular formula is C21H24N2. The number of benzene rings is 2. The van der Waals surface area contributed by atoms with Crippen molar-refractivity contribution in [2.45, 2.75) is 26.2 Å². The summed E-state index contributed by atoms with van der Waals surface area (Å²) in [6.07, 6.45) is 1.11. The number of nitrogens with zero attached hydrogens (tertiary/aromatic N) is 2. The molecule has 0 saturated heterocycles. The smallest absolute Gasteiger partial charge is 0.0537 e. The van der Waals surface area contributed by atoms with Crippen molar-refractivity contribution in [2.75, 3.05) is 20.1 Å². The molecule has 2 aromatic carbocycles. The zero-order valence-electron chi connectivity index (χ0n) is 14.2. The molecule has 0 bridgehead atoms. The molecule has 0 saturated carbocycles. The van der Waals surface area contributed by atoms with Gasteiger partial charge in [-0.3, -0.25) is 0 Å². The molecule has 1 aromatic heterocycles. The van der Waals surface area contributed by atoms with Crippen LogP contribution in [0.15, 0.2) is 48.5 Å². The largest absolute Gasteiger partial charge is 0.313 e. The standard InChI is InChI=1S/C21H24N2/c1-15-9-10-18-20(13-15)23(17-7-5-4-6-8-17)19-11-12-22(3)14-16(2)21(18)19/h4-10,13,16H,11-12,14H2,1-3H3. The van der Waals surface area contributed by atoms with E-state index in [0.717, 1.165) is 19.5 Å². The molecule has 0 spiro atoms. The van der Waals surface area contributed by atoms with Crippen LogP contribution in [0, 0.1) is 6.92 Å². The number of aromatic nitrogens is 1. The second kappa shape index (κ2) is 5.54. The summed E-state index contributed by atoms with van der Waals surface area (Å²) < 4.78 is 2.49. The highest BCUT2D eigenvalue weighted by atomic mass is 15.1. The van der Waals surface area contributed by atoms with Gasteiger partial charge in [0.05, 0.1) is 5.52 Å². The van der Waals surface area contributed by atoms with Gasteiger partial charge in [0.2, 0.25) is 0 Å². The number of hydrogen-bond acceptors (Lipinski definition) is 1. The van der Waals surface area contributed by atoms with Gasteiger partial charge in [-0.1, -0.05) is 37.3 Å². The molecule has 3 aromatic rings. The lowest BCUT2D eigenvalue weighted by Gasteiger charge is -2.17. The van der Waals surface area contributed by atoms with Gasteiger partial charge in [-0.15, -0.1) is 0 Å². The van der Waals surface area contributed by atoms with Crippen molar-refractivity contribution in [3.05, 3.63) is 65.4 Å². The second-order valence-electron chi connectivity index (χ2n) is 6.97. The molecule has 0 radical (unpaired) electrons. The maximum Gasteiger partial charge on any atom is 0.0537 e. The van der Waals surface area contributed by atoms with Gasteiger partial charge in [-0.25, -0.2) is 0 Å². The molecule has 4 rings (SSSR count).